The first-order valence-electron chi connectivity index (χ1n) is 12.9. The molecule has 0 radical (unpaired) electrons. The summed E-state index contributed by atoms with van der Waals surface area (Å²) in [6.45, 7) is 4.40. The van der Waals surface area contributed by atoms with E-state index in [1.54, 1.807) is 43.8 Å². The normalized spacial score (nSPS) is 13.8. The summed E-state index contributed by atoms with van der Waals surface area (Å²) >= 11 is 1.62. The number of fused-ring (bicyclic) bond motifs is 1. The van der Waals surface area contributed by atoms with Crippen molar-refractivity contribution in [1.29, 1.82) is 0 Å². The van der Waals surface area contributed by atoms with Crippen molar-refractivity contribution in [2.24, 2.45) is 0 Å². The number of hydrogen-bond donors (Lipinski definition) is 2. The van der Waals surface area contributed by atoms with E-state index in [1.165, 1.54) is 18.2 Å². The zero-order chi connectivity index (χ0) is 29.0. The highest BCUT2D eigenvalue weighted by atomic mass is 35.5. The van der Waals surface area contributed by atoms with Crippen molar-refractivity contribution in [2.75, 3.05) is 63.1 Å². The van der Waals surface area contributed by atoms with Gasteiger partial charge >= 0.3 is 0 Å². The van der Waals surface area contributed by atoms with Gasteiger partial charge in [-0.3, -0.25) is 14.4 Å². The van der Waals surface area contributed by atoms with Gasteiger partial charge in [0.1, 0.15) is 11.3 Å². The lowest BCUT2D eigenvalue weighted by Crippen LogP contribution is -2.48. The molecule has 1 aliphatic heterocycles. The topological polar surface area (TPSA) is 113 Å². The Morgan fingerprint density at radius 2 is 1.76 bits per heavy atom. The molecule has 1 aliphatic rings. The summed E-state index contributed by atoms with van der Waals surface area (Å²) in [5.74, 6) is 0.463. The fourth-order valence-electron chi connectivity index (χ4n) is 4.58. The second-order valence-electron chi connectivity index (χ2n) is 9.37. The first-order valence-corrected chi connectivity index (χ1v) is 15.2. The number of nitrogens with one attached hydrogen (secondary N) is 2. The highest BCUT2D eigenvalue weighted by molar-refractivity contribution is 7.92. The number of methoxy groups -OCH3 is 2. The lowest BCUT2D eigenvalue weighted by molar-refractivity contribution is 0.0947. The van der Waals surface area contributed by atoms with Crippen molar-refractivity contribution in [2.45, 2.75) is 4.90 Å². The van der Waals surface area contributed by atoms with Crippen molar-refractivity contribution in [3.8, 4) is 11.5 Å². The molecule has 2 N–H and O–H groups in total. The van der Waals surface area contributed by atoms with Crippen LogP contribution in [0, 0.1) is 5.82 Å². The van der Waals surface area contributed by atoms with Crippen LogP contribution in [0.15, 0.2) is 65.6 Å². The van der Waals surface area contributed by atoms with Crippen LogP contribution in [-0.2, 0) is 10.0 Å². The molecule has 14 heteroatoms. The van der Waals surface area contributed by atoms with Gasteiger partial charge < -0.3 is 19.7 Å². The number of halogens is 2. The number of sulfonamides is 1. The maximum Gasteiger partial charge on any atom is 0.261 e. The molecule has 224 valence electrons. The molecule has 1 amide bonds. The maximum absolute atomic E-state index is 13.2. The highest BCUT2D eigenvalue weighted by Crippen LogP contribution is 2.40. The van der Waals surface area contributed by atoms with Gasteiger partial charge in [0.2, 0.25) is 0 Å². The van der Waals surface area contributed by atoms with Crippen LogP contribution in [0.5, 0.6) is 11.5 Å². The van der Waals surface area contributed by atoms with E-state index in [4.69, 9.17) is 14.5 Å². The van der Waals surface area contributed by atoms with Gasteiger partial charge in [-0.25, -0.2) is 17.8 Å². The Bertz CT molecular complexity index is 1640. The fourth-order valence-corrected chi connectivity index (χ4v) is 6.64. The molecule has 3 aromatic carbocycles. The molecule has 0 saturated carbocycles. The van der Waals surface area contributed by atoms with Gasteiger partial charge in [-0.2, -0.15) is 0 Å². The zero-order valence-electron chi connectivity index (χ0n) is 23.0. The molecule has 5 rings (SSSR count). The van der Waals surface area contributed by atoms with Gasteiger partial charge in [0.25, 0.3) is 15.9 Å². The summed E-state index contributed by atoms with van der Waals surface area (Å²) in [7, 11) is -0.696. The van der Waals surface area contributed by atoms with Crippen LogP contribution in [0.4, 0.5) is 15.2 Å². The molecule has 0 atom stereocenters. The summed E-state index contributed by atoms with van der Waals surface area (Å²) in [6, 6.07) is 14.6. The second kappa shape index (κ2) is 13.6. The Kier molecular flexibility index (Phi) is 10.1. The monoisotopic (exact) mass is 635 g/mol. The van der Waals surface area contributed by atoms with Crippen LogP contribution in [-0.4, -0.2) is 77.7 Å². The number of amides is 1. The summed E-state index contributed by atoms with van der Waals surface area (Å²) in [5.41, 5.74) is 1.37. The molecule has 10 nitrogen and oxygen atoms in total. The fraction of sp³-hybridized carbons (Fsp3) is 0.286. The van der Waals surface area contributed by atoms with Crippen molar-refractivity contribution in [3.63, 3.8) is 0 Å². The number of anilines is 2. The Morgan fingerprint density at radius 1 is 1.02 bits per heavy atom. The molecular formula is C28H31ClFN5O5S2. The first-order chi connectivity index (χ1) is 19.8. The van der Waals surface area contributed by atoms with Crippen molar-refractivity contribution < 1.29 is 27.1 Å². The minimum absolute atomic E-state index is 0. The molecule has 2 heterocycles. The highest BCUT2D eigenvalue weighted by Gasteiger charge is 2.22. The number of hydrogen-bond acceptors (Lipinski definition) is 9. The number of piperazine rings is 1. The minimum Gasteiger partial charge on any atom is -0.493 e. The van der Waals surface area contributed by atoms with Gasteiger partial charge in [0, 0.05) is 50.5 Å². The maximum atomic E-state index is 13.2. The van der Waals surface area contributed by atoms with Gasteiger partial charge in [0.15, 0.2) is 16.6 Å². The van der Waals surface area contributed by atoms with E-state index in [9.17, 15) is 17.6 Å². The Morgan fingerprint density at radius 3 is 2.45 bits per heavy atom. The van der Waals surface area contributed by atoms with E-state index >= 15 is 0 Å². The third-order valence-electron chi connectivity index (χ3n) is 6.75. The minimum atomic E-state index is -3.92. The Labute approximate surface area is 253 Å². The zero-order valence-corrected chi connectivity index (χ0v) is 25.5. The number of thiazole rings is 1. The second-order valence-corrected chi connectivity index (χ2v) is 12.1. The summed E-state index contributed by atoms with van der Waals surface area (Å²) in [5, 5.41) is 3.85. The van der Waals surface area contributed by atoms with Crippen molar-refractivity contribution in [3.05, 3.63) is 72.0 Å². The number of carbonyl (C=O) groups excluding carboxylic acids is 1. The number of aromatic nitrogens is 1. The van der Waals surface area contributed by atoms with E-state index in [0.717, 1.165) is 53.7 Å². The largest absolute Gasteiger partial charge is 0.493 e. The predicted octanol–water partition coefficient (Wildman–Crippen LogP) is 4.23. The van der Waals surface area contributed by atoms with E-state index in [-0.39, 0.29) is 28.9 Å². The number of rotatable bonds is 10. The molecule has 0 bridgehead atoms. The molecule has 0 spiro atoms. The number of carbonyl (C=O) groups is 1. The van der Waals surface area contributed by atoms with Gasteiger partial charge in [0.05, 0.1) is 23.8 Å². The molecular weight excluding hydrogens is 605 g/mol. The third kappa shape index (κ3) is 7.04. The molecule has 0 aliphatic carbocycles. The average molecular weight is 636 g/mol. The third-order valence-corrected chi connectivity index (χ3v) is 9.23. The van der Waals surface area contributed by atoms with E-state index in [0.29, 0.717) is 30.2 Å². The van der Waals surface area contributed by atoms with Crippen LogP contribution < -0.4 is 24.4 Å². The quantitative estimate of drug-likeness (QED) is 0.266. The van der Waals surface area contributed by atoms with Crippen molar-refractivity contribution in [1.82, 2.24) is 15.2 Å². The van der Waals surface area contributed by atoms with Crippen LogP contribution in [0.25, 0.3) is 10.2 Å². The Balaban J connectivity index is 0.00000405. The molecule has 1 saturated heterocycles. The number of nitrogens with zero attached hydrogens (tertiary/aromatic N) is 3. The average Bonchev–Trinajstić information content (AvgIpc) is 3.41. The number of ether oxygens (including phenoxy) is 2. The van der Waals surface area contributed by atoms with E-state index in [1.807, 2.05) is 12.1 Å². The molecule has 42 heavy (non-hydrogen) atoms. The Hall–Kier alpha value is -3.65. The summed E-state index contributed by atoms with van der Waals surface area (Å²) in [4.78, 5) is 22.0. The lowest BCUT2D eigenvalue weighted by Gasteiger charge is -2.34. The van der Waals surface area contributed by atoms with Gasteiger partial charge in [-0.15, -0.1) is 12.4 Å². The lowest BCUT2D eigenvalue weighted by atomic mass is 10.2. The first kappa shape index (κ1) is 31.3. The summed E-state index contributed by atoms with van der Waals surface area (Å²) < 4.78 is 52.7. The van der Waals surface area contributed by atoms with Crippen LogP contribution in [0.2, 0.25) is 0 Å². The van der Waals surface area contributed by atoms with Crippen molar-refractivity contribution >= 4 is 60.7 Å². The molecule has 4 aromatic rings. The van der Waals surface area contributed by atoms with E-state index in [2.05, 4.69) is 19.8 Å². The SMILES string of the molecule is COc1ccc2sc(N3CCN(CCNC(=O)c4cccc(NS(=O)(=O)c5ccc(F)cc5)c4)CC3)nc2c1OC.Cl. The van der Waals surface area contributed by atoms with E-state index < -0.39 is 15.8 Å². The van der Waals surface area contributed by atoms with Crippen LogP contribution >= 0.6 is 23.7 Å². The van der Waals surface area contributed by atoms with Gasteiger partial charge in [-0.1, -0.05) is 17.4 Å². The van der Waals surface area contributed by atoms with Crippen LogP contribution in [0.3, 0.4) is 0 Å². The molecule has 0 unspecified atom stereocenters. The summed E-state index contributed by atoms with van der Waals surface area (Å²) in [6.07, 6.45) is 0. The van der Waals surface area contributed by atoms with Crippen LogP contribution in [0.1, 0.15) is 10.4 Å². The smallest absolute Gasteiger partial charge is 0.261 e. The predicted molar refractivity (Wildman–Crippen MR) is 165 cm³/mol. The molecule has 1 fully saturated rings. The molecule has 1 aromatic heterocycles. The van der Waals surface area contributed by atoms with Gasteiger partial charge in [-0.05, 0) is 54.6 Å². The number of benzene rings is 3. The standard InChI is InChI=1S/C28H30FN5O5S2.ClH/c1-38-23-10-11-24-25(26(23)39-2)31-28(40-24)34-16-14-33(15-17-34)13-12-30-27(35)19-4-3-5-21(18-19)32-41(36,37)22-8-6-20(29)7-9-22;/h3-11,18,32H,12-17H2,1-2H3,(H,30,35);1H.